The van der Waals surface area contributed by atoms with E-state index in [1.165, 1.54) is 0 Å². The van der Waals surface area contributed by atoms with Crippen LogP contribution in [0, 0.1) is 10.8 Å². The normalized spacial score (nSPS) is 16.2. The predicted molar refractivity (Wildman–Crippen MR) is 144 cm³/mol. The van der Waals surface area contributed by atoms with Gasteiger partial charge in [-0.05, 0) is 41.5 Å². The lowest BCUT2D eigenvalue weighted by Crippen LogP contribution is -2.51. The Morgan fingerprint density at radius 2 is 1.00 bits per heavy atom. The van der Waals surface area contributed by atoms with Gasteiger partial charge in [-0.1, -0.05) is 18.2 Å². The van der Waals surface area contributed by atoms with Crippen molar-refractivity contribution < 1.29 is 0 Å². The highest BCUT2D eigenvalue weighted by Crippen LogP contribution is 2.28. The molecule has 0 amide bonds. The SMILES string of the molecule is N=C(N)N1CCN(c2ccc(-c3cccc(-c4ccc(N5CCN(C(=N)N)CC5)nc4)c3)cn2)CC1. The van der Waals surface area contributed by atoms with E-state index in [4.69, 9.17) is 32.3 Å². The van der Waals surface area contributed by atoms with Crippen LogP contribution in [0.3, 0.4) is 0 Å². The van der Waals surface area contributed by atoms with E-state index in [9.17, 15) is 0 Å². The molecule has 2 saturated heterocycles. The summed E-state index contributed by atoms with van der Waals surface area (Å²) in [5.74, 6) is 2.16. The molecule has 0 unspecified atom stereocenters. The fourth-order valence-electron chi connectivity index (χ4n) is 4.72. The van der Waals surface area contributed by atoms with Gasteiger partial charge in [0.05, 0.1) is 0 Å². The lowest BCUT2D eigenvalue weighted by atomic mass is 10.0. The molecule has 0 spiro atoms. The maximum atomic E-state index is 7.59. The Balaban J connectivity index is 1.25. The molecule has 10 nitrogen and oxygen atoms in total. The van der Waals surface area contributed by atoms with E-state index in [2.05, 4.69) is 58.3 Å². The van der Waals surface area contributed by atoms with Crippen molar-refractivity contribution in [1.82, 2.24) is 19.8 Å². The molecule has 2 aliphatic rings. The third-order valence-electron chi connectivity index (χ3n) is 6.91. The third kappa shape index (κ3) is 5.02. The number of guanidine groups is 2. The van der Waals surface area contributed by atoms with Gasteiger partial charge < -0.3 is 31.1 Å². The van der Waals surface area contributed by atoms with Gasteiger partial charge in [-0.25, -0.2) is 9.97 Å². The van der Waals surface area contributed by atoms with E-state index in [0.717, 1.165) is 86.2 Å². The molecule has 0 radical (unpaired) electrons. The van der Waals surface area contributed by atoms with E-state index in [1.807, 2.05) is 22.2 Å². The summed E-state index contributed by atoms with van der Waals surface area (Å²) in [6, 6.07) is 16.8. The molecule has 6 N–H and O–H groups in total. The average molecular weight is 485 g/mol. The van der Waals surface area contributed by atoms with E-state index in [-0.39, 0.29) is 11.9 Å². The van der Waals surface area contributed by atoms with Gasteiger partial charge in [0.1, 0.15) is 11.6 Å². The van der Waals surface area contributed by atoms with E-state index < -0.39 is 0 Å². The average Bonchev–Trinajstić information content (AvgIpc) is 2.93. The molecule has 3 aromatic rings. The first-order valence-electron chi connectivity index (χ1n) is 12.2. The lowest BCUT2D eigenvalue weighted by molar-refractivity contribution is 0.379. The largest absolute Gasteiger partial charge is 0.370 e. The Bertz CT molecular complexity index is 1120. The molecule has 2 fully saturated rings. The van der Waals surface area contributed by atoms with Crippen molar-refractivity contribution in [2.45, 2.75) is 0 Å². The summed E-state index contributed by atoms with van der Waals surface area (Å²) in [6.07, 6.45) is 3.85. The van der Waals surface area contributed by atoms with Gasteiger partial charge in [-0.15, -0.1) is 0 Å². The third-order valence-corrected chi connectivity index (χ3v) is 6.91. The maximum Gasteiger partial charge on any atom is 0.188 e. The van der Waals surface area contributed by atoms with Crippen LogP contribution in [-0.4, -0.2) is 84.0 Å². The standard InChI is InChI=1S/C26H32N10/c27-25(28)35-12-8-33(9-13-35)23-6-4-21(17-31-23)19-2-1-3-20(16-19)22-5-7-24(32-18-22)34-10-14-36(15-11-34)26(29)30/h1-7,16-18H,8-15H2,(H3,27,28)(H3,29,30). The van der Waals surface area contributed by atoms with Crippen LogP contribution in [0.4, 0.5) is 11.6 Å². The minimum absolute atomic E-state index is 0.134. The van der Waals surface area contributed by atoms with Crippen LogP contribution in [0.15, 0.2) is 60.9 Å². The summed E-state index contributed by atoms with van der Waals surface area (Å²) in [4.78, 5) is 17.6. The van der Waals surface area contributed by atoms with Crippen LogP contribution in [0.25, 0.3) is 22.3 Å². The Labute approximate surface area is 211 Å². The quantitative estimate of drug-likeness (QED) is 0.325. The Kier molecular flexibility index (Phi) is 6.57. The molecule has 4 heterocycles. The lowest BCUT2D eigenvalue weighted by Gasteiger charge is -2.35. The molecule has 0 aliphatic carbocycles. The molecule has 2 aromatic heterocycles. The zero-order valence-electron chi connectivity index (χ0n) is 20.3. The molecular weight excluding hydrogens is 452 g/mol. The number of rotatable bonds is 4. The van der Waals surface area contributed by atoms with Crippen LogP contribution in [0.2, 0.25) is 0 Å². The number of anilines is 2. The van der Waals surface area contributed by atoms with Crippen molar-refractivity contribution in [2.75, 3.05) is 62.2 Å². The van der Waals surface area contributed by atoms with Gasteiger partial charge in [-0.3, -0.25) is 10.8 Å². The number of hydrogen-bond donors (Lipinski definition) is 4. The number of nitrogens with zero attached hydrogens (tertiary/aromatic N) is 6. The highest BCUT2D eigenvalue weighted by molar-refractivity contribution is 5.76. The molecule has 5 rings (SSSR count). The number of piperazine rings is 2. The first kappa shape index (κ1) is 23.4. The zero-order chi connectivity index (χ0) is 25.1. The van der Waals surface area contributed by atoms with Crippen molar-refractivity contribution in [3.05, 3.63) is 60.9 Å². The van der Waals surface area contributed by atoms with Gasteiger partial charge in [0.15, 0.2) is 11.9 Å². The van der Waals surface area contributed by atoms with Crippen molar-refractivity contribution in [1.29, 1.82) is 10.8 Å². The fourth-order valence-corrected chi connectivity index (χ4v) is 4.72. The minimum Gasteiger partial charge on any atom is -0.370 e. The van der Waals surface area contributed by atoms with Crippen molar-refractivity contribution in [2.24, 2.45) is 11.5 Å². The number of nitrogens with two attached hydrogens (primary N) is 2. The second-order valence-electron chi connectivity index (χ2n) is 9.11. The zero-order valence-corrected chi connectivity index (χ0v) is 20.3. The number of hydrogen-bond acceptors (Lipinski definition) is 6. The number of pyridine rings is 2. The monoisotopic (exact) mass is 484 g/mol. The molecule has 0 bridgehead atoms. The summed E-state index contributed by atoms with van der Waals surface area (Å²) in [6.45, 7) is 6.16. The summed E-state index contributed by atoms with van der Waals surface area (Å²) < 4.78 is 0. The predicted octanol–water partition coefficient (Wildman–Crippen LogP) is 1.84. The van der Waals surface area contributed by atoms with Crippen LogP contribution in [0.5, 0.6) is 0 Å². The number of nitrogens with one attached hydrogen (secondary N) is 2. The van der Waals surface area contributed by atoms with Gasteiger partial charge in [0, 0.05) is 75.9 Å². The molecular formula is C26H32N10. The second-order valence-corrected chi connectivity index (χ2v) is 9.11. The van der Waals surface area contributed by atoms with Gasteiger partial charge in [-0.2, -0.15) is 0 Å². The Hall–Kier alpha value is -4.34. The molecule has 0 atom stereocenters. The Morgan fingerprint density at radius 3 is 1.33 bits per heavy atom. The van der Waals surface area contributed by atoms with Crippen molar-refractivity contribution in [3.8, 4) is 22.3 Å². The van der Waals surface area contributed by atoms with Crippen molar-refractivity contribution in [3.63, 3.8) is 0 Å². The first-order chi connectivity index (χ1) is 17.5. The number of aromatic nitrogens is 2. The van der Waals surface area contributed by atoms with Crippen molar-refractivity contribution >= 4 is 23.6 Å². The van der Waals surface area contributed by atoms with Crippen LogP contribution < -0.4 is 21.3 Å². The molecule has 0 saturated carbocycles. The van der Waals surface area contributed by atoms with Gasteiger partial charge >= 0.3 is 0 Å². The smallest absolute Gasteiger partial charge is 0.188 e. The minimum atomic E-state index is 0.134. The van der Waals surface area contributed by atoms with Crippen LogP contribution in [0.1, 0.15) is 0 Å². The van der Waals surface area contributed by atoms with Crippen LogP contribution in [-0.2, 0) is 0 Å². The summed E-state index contributed by atoms with van der Waals surface area (Å²) in [5.41, 5.74) is 15.6. The van der Waals surface area contributed by atoms with E-state index >= 15 is 0 Å². The molecule has 10 heteroatoms. The highest BCUT2D eigenvalue weighted by atomic mass is 15.3. The van der Waals surface area contributed by atoms with Crippen LogP contribution >= 0.6 is 0 Å². The highest BCUT2D eigenvalue weighted by Gasteiger charge is 2.20. The van der Waals surface area contributed by atoms with E-state index in [1.54, 1.807) is 0 Å². The molecule has 1 aromatic carbocycles. The summed E-state index contributed by atoms with van der Waals surface area (Å²) in [7, 11) is 0. The molecule has 186 valence electrons. The fraction of sp³-hybridized carbons (Fsp3) is 0.308. The van der Waals surface area contributed by atoms with Gasteiger partial charge in [0.25, 0.3) is 0 Å². The van der Waals surface area contributed by atoms with E-state index in [0.29, 0.717) is 0 Å². The van der Waals surface area contributed by atoms with Gasteiger partial charge in [0.2, 0.25) is 0 Å². The Morgan fingerprint density at radius 1 is 0.583 bits per heavy atom. The summed E-state index contributed by atoms with van der Waals surface area (Å²) >= 11 is 0. The second kappa shape index (κ2) is 10.1. The summed E-state index contributed by atoms with van der Waals surface area (Å²) in [5, 5.41) is 15.2. The topological polar surface area (TPSA) is 138 Å². The molecule has 36 heavy (non-hydrogen) atoms. The number of benzene rings is 1. The molecule has 2 aliphatic heterocycles. The maximum absolute atomic E-state index is 7.59. The first-order valence-corrected chi connectivity index (χ1v) is 12.2.